The van der Waals surface area contributed by atoms with Crippen molar-refractivity contribution in [1.82, 2.24) is 4.98 Å². The molecule has 3 aromatic rings. The van der Waals surface area contributed by atoms with Crippen molar-refractivity contribution in [2.75, 3.05) is 30.9 Å². The maximum absolute atomic E-state index is 13.4. The Morgan fingerprint density at radius 2 is 2.12 bits per heavy atom. The number of thiazole rings is 1. The van der Waals surface area contributed by atoms with Gasteiger partial charge in [0.05, 0.1) is 17.3 Å². The van der Waals surface area contributed by atoms with Crippen molar-refractivity contribution in [3.05, 3.63) is 52.8 Å². The van der Waals surface area contributed by atoms with Gasteiger partial charge in [-0.25, -0.2) is 9.78 Å². The zero-order valence-electron chi connectivity index (χ0n) is 18.1. The van der Waals surface area contributed by atoms with Gasteiger partial charge in [0, 0.05) is 23.0 Å². The number of methoxy groups -OCH3 is 1. The van der Waals surface area contributed by atoms with Gasteiger partial charge in [0.2, 0.25) is 5.83 Å². The van der Waals surface area contributed by atoms with Gasteiger partial charge < -0.3 is 14.7 Å². The molecular weight excluding hydrogens is 483 g/mol. The van der Waals surface area contributed by atoms with Crippen LogP contribution in [0.2, 0.25) is 5.02 Å². The van der Waals surface area contributed by atoms with Crippen molar-refractivity contribution in [2.24, 2.45) is 5.92 Å². The first-order chi connectivity index (χ1) is 15.9. The highest BCUT2D eigenvalue weighted by atomic mass is 35.5. The third-order valence-corrected chi connectivity index (χ3v) is 8.10. The highest BCUT2D eigenvalue weighted by Gasteiger charge is 2.22. The molecule has 0 amide bonds. The zero-order chi connectivity index (χ0) is 23.4. The molecule has 33 heavy (non-hydrogen) atoms. The molecule has 1 saturated heterocycles. The molecule has 174 valence electrons. The molecule has 1 N–H and O–H groups in total. The molecule has 1 aromatic heterocycles. The first-order valence-corrected chi connectivity index (χ1v) is 12.8. The van der Waals surface area contributed by atoms with Gasteiger partial charge >= 0.3 is 5.97 Å². The van der Waals surface area contributed by atoms with E-state index in [0.29, 0.717) is 17.2 Å². The van der Waals surface area contributed by atoms with Crippen LogP contribution in [0.15, 0.2) is 47.1 Å². The molecule has 5 nitrogen and oxygen atoms in total. The second kappa shape index (κ2) is 10.8. The fourth-order valence-electron chi connectivity index (χ4n) is 3.87. The monoisotopic (exact) mass is 506 g/mol. The maximum Gasteiger partial charge on any atom is 0.364 e. The Morgan fingerprint density at radius 1 is 1.33 bits per heavy atom. The molecule has 0 spiro atoms. The van der Waals surface area contributed by atoms with E-state index in [9.17, 15) is 9.18 Å². The number of ether oxygens (including phenoxy) is 1. The van der Waals surface area contributed by atoms with E-state index in [1.807, 2.05) is 24.3 Å². The zero-order valence-corrected chi connectivity index (χ0v) is 20.5. The number of aromatic nitrogens is 1. The number of piperidine rings is 1. The summed E-state index contributed by atoms with van der Waals surface area (Å²) in [5, 5.41) is 10.5. The van der Waals surface area contributed by atoms with Crippen LogP contribution >= 0.6 is 34.7 Å². The molecule has 2 heterocycles. The number of carbonyl (C=O) groups is 1. The number of fused-ring (bicyclic) bond motifs is 1. The lowest BCUT2D eigenvalue weighted by Gasteiger charge is -2.31. The van der Waals surface area contributed by atoms with Gasteiger partial charge in [0.25, 0.3) is 0 Å². The van der Waals surface area contributed by atoms with Crippen LogP contribution in [0.3, 0.4) is 0 Å². The van der Waals surface area contributed by atoms with E-state index in [1.165, 1.54) is 0 Å². The number of hydrogen-bond donors (Lipinski definition) is 1. The molecule has 1 fully saturated rings. The first kappa shape index (κ1) is 23.9. The van der Waals surface area contributed by atoms with Gasteiger partial charge in [0.15, 0.2) is 5.13 Å². The number of aliphatic carboxylic acids is 1. The van der Waals surface area contributed by atoms with Crippen LogP contribution < -0.4 is 9.64 Å². The van der Waals surface area contributed by atoms with Crippen LogP contribution in [0.5, 0.6) is 5.75 Å². The molecule has 0 saturated carbocycles. The second-order valence-corrected chi connectivity index (χ2v) is 10.5. The van der Waals surface area contributed by atoms with Crippen molar-refractivity contribution in [2.45, 2.75) is 24.2 Å². The minimum atomic E-state index is -1.58. The number of carboxylic acids is 1. The smallest absolute Gasteiger partial charge is 0.364 e. The normalized spacial score (nSPS) is 15.2. The SMILES string of the molecule is COc1cc(/C=C(\F)C(=O)O)ccc1SCCC1CCN(c2nc3ccc(Cl)cc3s2)CC1. The summed E-state index contributed by atoms with van der Waals surface area (Å²) in [4.78, 5) is 18.8. The molecule has 0 radical (unpaired) electrons. The number of anilines is 1. The molecule has 1 aliphatic rings. The number of halogens is 2. The predicted octanol–water partition coefficient (Wildman–Crippen LogP) is 6.75. The van der Waals surface area contributed by atoms with E-state index in [2.05, 4.69) is 4.90 Å². The molecule has 4 rings (SSSR count). The Balaban J connectivity index is 1.28. The topological polar surface area (TPSA) is 62.7 Å². The average molecular weight is 507 g/mol. The summed E-state index contributed by atoms with van der Waals surface area (Å²) in [6, 6.07) is 11.0. The third-order valence-electron chi connectivity index (χ3n) is 5.69. The molecule has 0 unspecified atom stereocenters. The Hall–Kier alpha value is -2.29. The summed E-state index contributed by atoms with van der Waals surface area (Å²) in [7, 11) is 1.56. The Labute approximate surface area is 205 Å². The van der Waals surface area contributed by atoms with Gasteiger partial charge in [-0.15, -0.1) is 11.8 Å². The summed E-state index contributed by atoms with van der Waals surface area (Å²) in [6.07, 6.45) is 4.36. The number of carboxylic acid groups (broad SMARTS) is 1. The van der Waals surface area contributed by atoms with Crippen molar-refractivity contribution in [1.29, 1.82) is 0 Å². The Morgan fingerprint density at radius 3 is 2.85 bits per heavy atom. The van der Waals surface area contributed by atoms with Crippen molar-refractivity contribution in [3.63, 3.8) is 0 Å². The fourth-order valence-corrected chi connectivity index (χ4v) is 6.28. The summed E-state index contributed by atoms with van der Waals surface area (Å²) < 4.78 is 19.9. The van der Waals surface area contributed by atoms with Crippen LogP contribution in [0.1, 0.15) is 24.8 Å². The standard InChI is InChI=1S/C24H24ClFN2O3S2/c1-31-20-13-16(12-18(26)23(29)30)2-5-21(20)32-11-8-15-6-9-28(10-7-15)24-27-19-4-3-17(25)14-22(19)33-24/h2-5,12-15H,6-11H2,1H3,(H,29,30)/b18-12-. The molecule has 9 heteroatoms. The summed E-state index contributed by atoms with van der Waals surface area (Å²) in [5.41, 5.74) is 1.46. The fraction of sp³-hybridized carbons (Fsp3) is 0.333. The highest BCUT2D eigenvalue weighted by molar-refractivity contribution is 7.99. The molecule has 0 atom stereocenters. The summed E-state index contributed by atoms with van der Waals surface area (Å²) in [6.45, 7) is 2.00. The van der Waals surface area contributed by atoms with Crippen molar-refractivity contribution < 1.29 is 19.0 Å². The molecule has 2 aromatic carbocycles. The van der Waals surface area contributed by atoms with E-state index in [0.717, 1.165) is 69.4 Å². The van der Waals surface area contributed by atoms with E-state index in [-0.39, 0.29) is 0 Å². The lowest BCUT2D eigenvalue weighted by Crippen LogP contribution is -2.33. The van der Waals surface area contributed by atoms with Gasteiger partial charge in [-0.2, -0.15) is 4.39 Å². The van der Waals surface area contributed by atoms with E-state index in [1.54, 1.807) is 42.3 Å². The third kappa shape index (κ3) is 5.99. The quantitative estimate of drug-likeness (QED) is 0.269. The van der Waals surface area contributed by atoms with Gasteiger partial charge in [-0.1, -0.05) is 29.0 Å². The molecule has 1 aliphatic heterocycles. The Bertz CT molecular complexity index is 1180. The number of benzene rings is 2. The largest absolute Gasteiger partial charge is 0.496 e. The van der Waals surface area contributed by atoms with Crippen molar-refractivity contribution >= 4 is 62.1 Å². The van der Waals surface area contributed by atoms with Crippen LogP contribution in [-0.4, -0.2) is 42.0 Å². The van der Waals surface area contributed by atoms with E-state index in [4.69, 9.17) is 26.4 Å². The number of nitrogens with zero attached hydrogens (tertiary/aromatic N) is 2. The number of thioether (sulfide) groups is 1. The van der Waals surface area contributed by atoms with Crippen LogP contribution in [-0.2, 0) is 4.79 Å². The summed E-state index contributed by atoms with van der Waals surface area (Å²) in [5.74, 6) is -0.531. The minimum Gasteiger partial charge on any atom is -0.496 e. The second-order valence-electron chi connectivity index (χ2n) is 7.88. The van der Waals surface area contributed by atoms with Crippen LogP contribution in [0.25, 0.3) is 16.3 Å². The van der Waals surface area contributed by atoms with Gasteiger partial charge in [-0.3, -0.25) is 0 Å². The molecular formula is C24H24ClFN2O3S2. The average Bonchev–Trinajstić information content (AvgIpc) is 3.23. The Kier molecular flexibility index (Phi) is 7.78. The lowest BCUT2D eigenvalue weighted by molar-refractivity contribution is -0.134. The van der Waals surface area contributed by atoms with E-state index >= 15 is 0 Å². The predicted molar refractivity (Wildman–Crippen MR) is 135 cm³/mol. The number of hydrogen-bond acceptors (Lipinski definition) is 6. The summed E-state index contributed by atoms with van der Waals surface area (Å²) >= 11 is 9.51. The molecule has 0 bridgehead atoms. The van der Waals surface area contributed by atoms with E-state index < -0.39 is 11.8 Å². The lowest BCUT2D eigenvalue weighted by atomic mass is 9.95. The van der Waals surface area contributed by atoms with Gasteiger partial charge in [-0.05, 0) is 72.9 Å². The maximum atomic E-state index is 13.4. The highest BCUT2D eigenvalue weighted by Crippen LogP contribution is 2.35. The van der Waals surface area contributed by atoms with Crippen molar-refractivity contribution in [3.8, 4) is 5.75 Å². The number of rotatable bonds is 8. The van der Waals surface area contributed by atoms with Crippen LogP contribution in [0.4, 0.5) is 9.52 Å². The van der Waals surface area contributed by atoms with Gasteiger partial charge in [0.1, 0.15) is 5.75 Å². The minimum absolute atomic E-state index is 0.459. The first-order valence-electron chi connectivity index (χ1n) is 10.7. The van der Waals surface area contributed by atoms with Crippen LogP contribution in [0, 0.1) is 5.92 Å². The molecule has 0 aliphatic carbocycles.